The van der Waals surface area contributed by atoms with Crippen LogP contribution >= 0.6 is 11.6 Å². The molecule has 0 bridgehead atoms. The van der Waals surface area contributed by atoms with Crippen molar-refractivity contribution in [3.05, 3.63) is 47.0 Å². The predicted molar refractivity (Wildman–Crippen MR) is 66.7 cm³/mol. The van der Waals surface area contributed by atoms with Crippen LogP contribution < -0.4 is 5.32 Å². The number of nitrogens with zero attached hydrogens (tertiary/aromatic N) is 3. The topological polar surface area (TPSA) is 53.6 Å². The normalized spacial score (nSPS) is 9.94. The van der Waals surface area contributed by atoms with Crippen LogP contribution in [0, 0.1) is 11.3 Å². The van der Waals surface area contributed by atoms with Gasteiger partial charge >= 0.3 is 0 Å². The molecular formula is C12H11ClN4. The average Bonchev–Trinajstić information content (AvgIpc) is 2.73. The van der Waals surface area contributed by atoms with E-state index in [1.165, 1.54) is 0 Å². The molecular weight excluding hydrogens is 236 g/mol. The molecule has 1 N–H and O–H groups in total. The number of hydrogen-bond acceptors (Lipinski definition) is 3. The molecule has 0 saturated carbocycles. The lowest BCUT2D eigenvalue weighted by Crippen LogP contribution is -2.06. The highest BCUT2D eigenvalue weighted by Crippen LogP contribution is 2.20. The number of imidazole rings is 1. The van der Waals surface area contributed by atoms with Crippen molar-refractivity contribution in [3.63, 3.8) is 0 Å². The fourth-order valence-electron chi connectivity index (χ4n) is 1.50. The van der Waals surface area contributed by atoms with Gasteiger partial charge in [-0.1, -0.05) is 11.6 Å². The van der Waals surface area contributed by atoms with Gasteiger partial charge in [0.2, 0.25) is 0 Å². The Morgan fingerprint density at radius 3 is 3.00 bits per heavy atom. The number of rotatable bonds is 3. The van der Waals surface area contributed by atoms with Crippen LogP contribution in [0.3, 0.4) is 0 Å². The van der Waals surface area contributed by atoms with Crippen LogP contribution in [-0.2, 0) is 13.6 Å². The van der Waals surface area contributed by atoms with Gasteiger partial charge in [0.1, 0.15) is 11.9 Å². The van der Waals surface area contributed by atoms with Crippen LogP contribution in [-0.4, -0.2) is 9.55 Å². The highest BCUT2D eigenvalue weighted by molar-refractivity contribution is 6.30. The first-order chi connectivity index (χ1) is 8.20. The molecule has 1 aromatic heterocycles. The summed E-state index contributed by atoms with van der Waals surface area (Å²) in [5.41, 5.74) is 1.30. The lowest BCUT2D eigenvalue weighted by molar-refractivity contribution is 0.813. The lowest BCUT2D eigenvalue weighted by atomic mass is 10.2. The van der Waals surface area contributed by atoms with Crippen molar-refractivity contribution in [1.29, 1.82) is 5.26 Å². The number of anilines is 1. The SMILES string of the molecule is Cn1ccnc1CNc1ccc(Cl)cc1C#N. The van der Waals surface area contributed by atoms with Crippen LogP contribution in [0.4, 0.5) is 5.69 Å². The summed E-state index contributed by atoms with van der Waals surface area (Å²) in [5.74, 6) is 0.906. The van der Waals surface area contributed by atoms with Crippen molar-refractivity contribution < 1.29 is 0 Å². The zero-order valence-corrected chi connectivity index (χ0v) is 10.1. The van der Waals surface area contributed by atoms with Crippen molar-refractivity contribution in [2.75, 3.05) is 5.32 Å². The highest BCUT2D eigenvalue weighted by atomic mass is 35.5. The molecule has 2 aromatic rings. The molecule has 1 heterocycles. The maximum absolute atomic E-state index is 8.99. The smallest absolute Gasteiger partial charge is 0.127 e. The Kier molecular flexibility index (Phi) is 3.31. The van der Waals surface area contributed by atoms with E-state index in [2.05, 4.69) is 16.4 Å². The number of hydrogen-bond donors (Lipinski definition) is 1. The Balaban J connectivity index is 2.15. The number of nitriles is 1. The standard InChI is InChI=1S/C12H11ClN4/c1-17-5-4-15-12(17)8-16-11-3-2-10(13)6-9(11)7-14/h2-6,16H,8H2,1H3. The molecule has 86 valence electrons. The summed E-state index contributed by atoms with van der Waals surface area (Å²) < 4.78 is 1.93. The van der Waals surface area contributed by atoms with Gasteiger partial charge in [-0.15, -0.1) is 0 Å². The molecule has 1 aromatic carbocycles. The molecule has 0 fully saturated rings. The molecule has 0 saturated heterocycles. The van der Waals surface area contributed by atoms with E-state index in [1.54, 1.807) is 24.4 Å². The quantitative estimate of drug-likeness (QED) is 0.906. The Labute approximate surface area is 104 Å². The maximum atomic E-state index is 8.99. The third kappa shape index (κ3) is 2.58. The third-order valence-corrected chi connectivity index (χ3v) is 2.70. The summed E-state index contributed by atoms with van der Waals surface area (Å²) in [5, 5.41) is 12.7. The maximum Gasteiger partial charge on any atom is 0.127 e. The first kappa shape index (κ1) is 11.5. The van der Waals surface area contributed by atoms with Gasteiger partial charge in [-0.3, -0.25) is 0 Å². The van der Waals surface area contributed by atoms with Gasteiger partial charge in [0.25, 0.3) is 0 Å². The Bertz CT molecular complexity index is 568. The van der Waals surface area contributed by atoms with E-state index in [1.807, 2.05) is 17.8 Å². The minimum absolute atomic E-state index is 0.534. The van der Waals surface area contributed by atoms with E-state index >= 15 is 0 Å². The van der Waals surface area contributed by atoms with E-state index < -0.39 is 0 Å². The van der Waals surface area contributed by atoms with Crippen LogP contribution in [0.1, 0.15) is 11.4 Å². The lowest BCUT2D eigenvalue weighted by Gasteiger charge is -2.08. The molecule has 0 unspecified atom stereocenters. The molecule has 5 heteroatoms. The summed E-state index contributed by atoms with van der Waals surface area (Å²) in [6, 6.07) is 7.30. The zero-order valence-electron chi connectivity index (χ0n) is 9.31. The summed E-state index contributed by atoms with van der Waals surface area (Å²) in [7, 11) is 1.93. The van der Waals surface area contributed by atoms with Gasteiger partial charge in [-0.25, -0.2) is 4.98 Å². The molecule has 0 radical (unpaired) electrons. The first-order valence-electron chi connectivity index (χ1n) is 5.10. The molecule has 2 rings (SSSR count). The predicted octanol–water partition coefficient (Wildman–Crippen LogP) is 2.56. The van der Waals surface area contributed by atoms with Gasteiger partial charge in [-0.2, -0.15) is 5.26 Å². The largest absolute Gasteiger partial charge is 0.377 e. The molecule has 0 aliphatic rings. The van der Waals surface area contributed by atoms with E-state index in [0.29, 0.717) is 17.1 Å². The molecule has 0 spiro atoms. The van der Waals surface area contributed by atoms with E-state index in [9.17, 15) is 0 Å². The monoisotopic (exact) mass is 246 g/mol. The van der Waals surface area contributed by atoms with E-state index in [-0.39, 0.29) is 0 Å². The second-order valence-corrected chi connectivity index (χ2v) is 4.05. The molecule has 0 aliphatic carbocycles. The Hall–Kier alpha value is -1.99. The van der Waals surface area contributed by atoms with Gasteiger partial charge in [0.05, 0.1) is 17.8 Å². The summed E-state index contributed by atoms with van der Waals surface area (Å²) >= 11 is 5.83. The third-order valence-electron chi connectivity index (χ3n) is 2.46. The van der Waals surface area contributed by atoms with Crippen molar-refractivity contribution in [2.45, 2.75) is 6.54 Å². The Morgan fingerprint density at radius 2 is 2.35 bits per heavy atom. The number of aromatic nitrogens is 2. The number of benzene rings is 1. The Morgan fingerprint density at radius 1 is 1.53 bits per heavy atom. The number of nitrogens with one attached hydrogen (secondary N) is 1. The molecule has 17 heavy (non-hydrogen) atoms. The fraction of sp³-hybridized carbons (Fsp3) is 0.167. The number of halogens is 1. The average molecular weight is 247 g/mol. The van der Waals surface area contributed by atoms with Crippen LogP contribution in [0.2, 0.25) is 5.02 Å². The highest BCUT2D eigenvalue weighted by Gasteiger charge is 2.04. The number of aryl methyl sites for hydroxylation is 1. The van der Waals surface area contributed by atoms with Crippen LogP contribution in [0.25, 0.3) is 0 Å². The van der Waals surface area contributed by atoms with E-state index in [4.69, 9.17) is 16.9 Å². The van der Waals surface area contributed by atoms with Crippen LogP contribution in [0.15, 0.2) is 30.6 Å². The van der Waals surface area contributed by atoms with Crippen molar-refractivity contribution >= 4 is 17.3 Å². The van der Waals surface area contributed by atoms with Crippen molar-refractivity contribution in [3.8, 4) is 6.07 Å². The van der Waals surface area contributed by atoms with E-state index in [0.717, 1.165) is 11.5 Å². The zero-order chi connectivity index (χ0) is 12.3. The van der Waals surface area contributed by atoms with Crippen LogP contribution in [0.5, 0.6) is 0 Å². The molecule has 4 nitrogen and oxygen atoms in total. The van der Waals surface area contributed by atoms with Crippen molar-refractivity contribution in [1.82, 2.24) is 9.55 Å². The summed E-state index contributed by atoms with van der Waals surface area (Å²) in [4.78, 5) is 4.20. The molecule has 0 aliphatic heterocycles. The fourth-order valence-corrected chi connectivity index (χ4v) is 1.68. The summed E-state index contributed by atoms with van der Waals surface area (Å²) in [6.07, 6.45) is 3.62. The van der Waals surface area contributed by atoms with Gasteiger partial charge in [0.15, 0.2) is 0 Å². The van der Waals surface area contributed by atoms with Gasteiger partial charge in [-0.05, 0) is 18.2 Å². The molecule has 0 amide bonds. The second kappa shape index (κ2) is 4.89. The minimum Gasteiger partial charge on any atom is -0.377 e. The van der Waals surface area contributed by atoms with Gasteiger partial charge in [0, 0.05) is 24.5 Å². The summed E-state index contributed by atoms with van der Waals surface area (Å²) in [6.45, 7) is 0.569. The van der Waals surface area contributed by atoms with Crippen molar-refractivity contribution in [2.24, 2.45) is 7.05 Å². The first-order valence-corrected chi connectivity index (χ1v) is 5.48. The minimum atomic E-state index is 0.534. The van der Waals surface area contributed by atoms with Gasteiger partial charge < -0.3 is 9.88 Å². The molecule has 0 atom stereocenters. The second-order valence-electron chi connectivity index (χ2n) is 3.61.